The minimum Gasteiger partial charge on any atom is -0.508 e. The third-order valence-electron chi connectivity index (χ3n) is 5.58. The van der Waals surface area contributed by atoms with Crippen molar-refractivity contribution in [3.05, 3.63) is 29.8 Å². The zero-order valence-corrected chi connectivity index (χ0v) is 22.2. The predicted octanol–water partition coefficient (Wildman–Crippen LogP) is -1.44. The summed E-state index contributed by atoms with van der Waals surface area (Å²) in [5, 5.41) is 26.3. The third-order valence-corrected chi connectivity index (χ3v) is 6.22. The van der Waals surface area contributed by atoms with Crippen molar-refractivity contribution < 1.29 is 34.2 Å². The number of carbonyl (C=O) groups excluding carboxylic acids is 4. The van der Waals surface area contributed by atoms with Crippen molar-refractivity contribution >= 4 is 41.4 Å². The van der Waals surface area contributed by atoms with Crippen molar-refractivity contribution in [3.63, 3.8) is 0 Å². The maximum absolute atomic E-state index is 13.2. The van der Waals surface area contributed by atoms with Gasteiger partial charge in [0.1, 0.15) is 23.9 Å². The van der Waals surface area contributed by atoms with Crippen molar-refractivity contribution in [2.45, 2.75) is 62.7 Å². The Hall–Kier alpha value is -3.36. The molecule has 13 nitrogen and oxygen atoms in total. The standard InChI is InChI=1S/C24H38N6O7S/c1-38-11-9-17(24(36)37)28-23(35)19(13-20(27)32)30-22(34)18(12-14-5-7-15(31)8-6-14)29-21(33)16(26)4-2-3-10-25/h5-8,16-19,31H,2-4,9-13,25-26H2,1H3,(H2,27,32)(H,28,35)(H,29,33)(H,30,34)(H,36,37). The van der Waals surface area contributed by atoms with Crippen LogP contribution in [0.2, 0.25) is 0 Å². The molecule has 4 unspecified atom stereocenters. The van der Waals surface area contributed by atoms with E-state index in [0.717, 1.165) is 0 Å². The predicted molar refractivity (Wildman–Crippen MR) is 143 cm³/mol. The van der Waals surface area contributed by atoms with E-state index in [-0.39, 0.29) is 18.6 Å². The van der Waals surface area contributed by atoms with E-state index in [9.17, 15) is 34.2 Å². The van der Waals surface area contributed by atoms with E-state index in [1.807, 2.05) is 0 Å². The number of aromatic hydroxyl groups is 1. The normalized spacial score (nSPS) is 14.0. The van der Waals surface area contributed by atoms with Gasteiger partial charge in [-0.05, 0) is 55.5 Å². The highest BCUT2D eigenvalue weighted by Crippen LogP contribution is 2.12. The number of carboxylic acids is 1. The van der Waals surface area contributed by atoms with E-state index in [1.54, 1.807) is 18.4 Å². The fourth-order valence-electron chi connectivity index (χ4n) is 3.44. The fraction of sp³-hybridized carbons (Fsp3) is 0.542. The van der Waals surface area contributed by atoms with Crippen LogP contribution in [0.1, 0.15) is 37.7 Å². The first-order valence-electron chi connectivity index (χ1n) is 12.1. The first-order valence-corrected chi connectivity index (χ1v) is 13.5. The molecular formula is C24H38N6O7S. The van der Waals surface area contributed by atoms with Gasteiger partial charge >= 0.3 is 5.97 Å². The molecule has 1 aromatic rings. The minimum atomic E-state index is -1.48. The maximum Gasteiger partial charge on any atom is 0.326 e. The van der Waals surface area contributed by atoms with E-state index in [1.165, 1.54) is 23.9 Å². The number of primary amides is 1. The quantitative estimate of drug-likeness (QED) is 0.0982. The number of phenols is 1. The zero-order valence-electron chi connectivity index (χ0n) is 21.4. The van der Waals surface area contributed by atoms with Crippen molar-refractivity contribution in [1.29, 1.82) is 0 Å². The van der Waals surface area contributed by atoms with Gasteiger partial charge in [-0.1, -0.05) is 18.6 Å². The van der Waals surface area contributed by atoms with Crippen LogP contribution < -0.4 is 33.2 Å². The summed E-state index contributed by atoms with van der Waals surface area (Å²) in [7, 11) is 0. The minimum absolute atomic E-state index is 0.00774. The molecule has 0 spiro atoms. The molecule has 0 aromatic heterocycles. The highest BCUT2D eigenvalue weighted by atomic mass is 32.2. The van der Waals surface area contributed by atoms with E-state index in [2.05, 4.69) is 16.0 Å². The lowest BCUT2D eigenvalue weighted by molar-refractivity contribution is -0.142. The number of nitrogens with two attached hydrogens (primary N) is 3. The molecule has 11 N–H and O–H groups in total. The maximum atomic E-state index is 13.2. The number of rotatable bonds is 18. The topological polar surface area (TPSA) is 240 Å². The summed E-state index contributed by atoms with van der Waals surface area (Å²) in [6.45, 7) is 0.448. The molecule has 0 aliphatic carbocycles. The number of phenolic OH excluding ortho intramolecular Hbond substituents is 1. The summed E-state index contributed by atoms with van der Waals surface area (Å²) in [4.78, 5) is 61.9. The summed E-state index contributed by atoms with van der Waals surface area (Å²) < 4.78 is 0. The monoisotopic (exact) mass is 554 g/mol. The van der Waals surface area contributed by atoms with Crippen LogP contribution in [0.25, 0.3) is 0 Å². The van der Waals surface area contributed by atoms with Crippen molar-refractivity contribution in [2.75, 3.05) is 18.6 Å². The van der Waals surface area contributed by atoms with Crippen LogP contribution in [0.4, 0.5) is 0 Å². The van der Waals surface area contributed by atoms with Gasteiger partial charge in [-0.2, -0.15) is 11.8 Å². The molecule has 4 atom stereocenters. The lowest BCUT2D eigenvalue weighted by Gasteiger charge is -2.25. The van der Waals surface area contributed by atoms with Crippen LogP contribution in [0, 0.1) is 0 Å². The Bertz CT molecular complexity index is 947. The van der Waals surface area contributed by atoms with Crippen molar-refractivity contribution in [2.24, 2.45) is 17.2 Å². The Balaban J connectivity index is 3.09. The van der Waals surface area contributed by atoms with Gasteiger partial charge < -0.3 is 43.4 Å². The number of amides is 4. The molecule has 14 heteroatoms. The lowest BCUT2D eigenvalue weighted by Crippen LogP contribution is -2.58. The Morgan fingerprint density at radius 2 is 1.47 bits per heavy atom. The molecule has 0 saturated carbocycles. The molecule has 4 amide bonds. The molecule has 0 aliphatic rings. The van der Waals surface area contributed by atoms with E-state index in [0.29, 0.717) is 37.1 Å². The average Bonchev–Trinajstić information content (AvgIpc) is 2.86. The number of nitrogens with one attached hydrogen (secondary N) is 3. The Morgan fingerprint density at radius 3 is 2.03 bits per heavy atom. The first kappa shape index (κ1) is 32.7. The van der Waals surface area contributed by atoms with E-state index in [4.69, 9.17) is 17.2 Å². The van der Waals surface area contributed by atoms with Gasteiger partial charge in [-0.3, -0.25) is 19.2 Å². The number of hydrogen-bond donors (Lipinski definition) is 8. The Labute approximate surface area is 225 Å². The molecule has 212 valence electrons. The van der Waals surface area contributed by atoms with Crippen LogP contribution >= 0.6 is 11.8 Å². The zero-order chi connectivity index (χ0) is 28.7. The smallest absolute Gasteiger partial charge is 0.326 e. The molecule has 38 heavy (non-hydrogen) atoms. The molecule has 0 bridgehead atoms. The third kappa shape index (κ3) is 12.3. The van der Waals surface area contributed by atoms with Crippen molar-refractivity contribution in [1.82, 2.24) is 16.0 Å². The highest BCUT2D eigenvalue weighted by Gasteiger charge is 2.31. The molecule has 0 radical (unpaired) electrons. The van der Waals surface area contributed by atoms with Gasteiger partial charge in [0, 0.05) is 6.42 Å². The van der Waals surface area contributed by atoms with Crippen LogP contribution in [-0.4, -0.2) is 82.5 Å². The Morgan fingerprint density at radius 1 is 0.895 bits per heavy atom. The summed E-state index contributed by atoms with van der Waals surface area (Å²) in [6.07, 6.45) is 2.92. The molecular weight excluding hydrogens is 516 g/mol. The highest BCUT2D eigenvalue weighted by molar-refractivity contribution is 7.98. The first-order chi connectivity index (χ1) is 18.0. The molecule has 1 rings (SSSR count). The second-order valence-corrected chi connectivity index (χ2v) is 9.72. The molecule has 0 aliphatic heterocycles. The van der Waals surface area contributed by atoms with Gasteiger partial charge in [0.15, 0.2) is 0 Å². The second kappa shape index (κ2) is 17.2. The molecule has 1 aromatic carbocycles. The van der Waals surface area contributed by atoms with Crippen LogP contribution in [0.5, 0.6) is 5.75 Å². The van der Waals surface area contributed by atoms with Gasteiger partial charge in [-0.25, -0.2) is 4.79 Å². The number of benzene rings is 1. The van der Waals surface area contributed by atoms with Crippen LogP contribution in [0.3, 0.4) is 0 Å². The SMILES string of the molecule is CSCCC(NC(=O)C(CC(N)=O)NC(=O)C(Cc1ccc(O)cc1)NC(=O)C(N)CCCCN)C(=O)O. The van der Waals surface area contributed by atoms with E-state index < -0.39 is 60.2 Å². The Kier molecular flexibility index (Phi) is 14.8. The van der Waals surface area contributed by atoms with Crippen LogP contribution in [0.15, 0.2) is 24.3 Å². The van der Waals surface area contributed by atoms with E-state index >= 15 is 0 Å². The number of aliphatic carboxylic acids is 1. The van der Waals surface area contributed by atoms with Crippen molar-refractivity contribution in [3.8, 4) is 5.75 Å². The molecule has 0 fully saturated rings. The average molecular weight is 555 g/mol. The van der Waals surface area contributed by atoms with Gasteiger partial charge in [0.2, 0.25) is 23.6 Å². The van der Waals surface area contributed by atoms with Gasteiger partial charge in [0.25, 0.3) is 0 Å². The molecule has 0 saturated heterocycles. The number of carboxylic acid groups (broad SMARTS) is 1. The summed E-state index contributed by atoms with van der Waals surface area (Å²) >= 11 is 1.39. The largest absolute Gasteiger partial charge is 0.508 e. The molecule has 0 heterocycles. The summed E-state index contributed by atoms with van der Waals surface area (Å²) in [6, 6.07) is 1.11. The fourth-order valence-corrected chi connectivity index (χ4v) is 3.92. The van der Waals surface area contributed by atoms with Gasteiger partial charge in [0.05, 0.1) is 12.5 Å². The van der Waals surface area contributed by atoms with Crippen LogP contribution in [-0.2, 0) is 30.4 Å². The second-order valence-electron chi connectivity index (χ2n) is 8.74. The number of hydrogen-bond acceptors (Lipinski definition) is 9. The summed E-state index contributed by atoms with van der Waals surface area (Å²) in [5.74, 6) is -4.01. The van der Waals surface area contributed by atoms with Gasteiger partial charge in [-0.15, -0.1) is 0 Å². The number of carbonyl (C=O) groups is 5. The number of unbranched alkanes of at least 4 members (excludes halogenated alkanes) is 1. The lowest BCUT2D eigenvalue weighted by atomic mass is 10.0. The number of thioether (sulfide) groups is 1. The summed E-state index contributed by atoms with van der Waals surface area (Å²) in [5.41, 5.74) is 17.3.